The van der Waals surface area contributed by atoms with E-state index >= 15 is 0 Å². The maximum absolute atomic E-state index is 9.67. The molecule has 0 aromatic heterocycles. The molecule has 0 radical (unpaired) electrons. The van der Waals surface area contributed by atoms with Crippen molar-refractivity contribution in [1.29, 1.82) is 0 Å². The van der Waals surface area contributed by atoms with Gasteiger partial charge in [0.05, 0.1) is 11.6 Å². The van der Waals surface area contributed by atoms with Crippen LogP contribution in [0.15, 0.2) is 16.6 Å². The number of halogens is 1. The number of unbranched alkanes of at least 4 members (excludes halogenated alkanes) is 2. The SMILES string of the molecule is COc1cc(CNCCCCCO)cc(Br)c1O. The Labute approximate surface area is 116 Å². The van der Waals surface area contributed by atoms with E-state index in [1.54, 1.807) is 0 Å². The molecule has 0 bridgehead atoms. The highest BCUT2D eigenvalue weighted by Crippen LogP contribution is 2.35. The van der Waals surface area contributed by atoms with E-state index in [4.69, 9.17) is 9.84 Å². The molecule has 0 aliphatic heterocycles. The lowest BCUT2D eigenvalue weighted by Gasteiger charge is -2.09. The molecule has 0 saturated carbocycles. The summed E-state index contributed by atoms with van der Waals surface area (Å²) in [6.45, 7) is 1.91. The molecule has 0 fully saturated rings. The summed E-state index contributed by atoms with van der Waals surface area (Å²) < 4.78 is 5.73. The van der Waals surface area contributed by atoms with Crippen LogP contribution >= 0.6 is 15.9 Å². The summed E-state index contributed by atoms with van der Waals surface area (Å²) in [5.74, 6) is 0.602. The van der Waals surface area contributed by atoms with Gasteiger partial charge in [0.1, 0.15) is 0 Å². The third-order valence-electron chi connectivity index (χ3n) is 2.65. The zero-order valence-corrected chi connectivity index (χ0v) is 12.2. The zero-order valence-electron chi connectivity index (χ0n) is 10.6. The molecule has 1 rings (SSSR count). The predicted octanol–water partition coefficient (Wildman–Crippen LogP) is 2.42. The molecule has 3 N–H and O–H groups in total. The summed E-state index contributed by atoms with van der Waals surface area (Å²) in [7, 11) is 1.54. The first-order valence-electron chi connectivity index (χ1n) is 6.06. The van der Waals surface area contributed by atoms with Crippen LogP contribution < -0.4 is 10.1 Å². The van der Waals surface area contributed by atoms with Gasteiger partial charge in [-0.15, -0.1) is 0 Å². The first-order valence-corrected chi connectivity index (χ1v) is 6.85. The Balaban J connectivity index is 2.40. The number of aromatic hydroxyl groups is 1. The number of hydrogen-bond donors (Lipinski definition) is 3. The number of aliphatic hydroxyl groups excluding tert-OH is 1. The first-order chi connectivity index (χ1) is 8.69. The summed E-state index contributed by atoms with van der Waals surface area (Å²) in [6.07, 6.45) is 2.95. The van der Waals surface area contributed by atoms with Gasteiger partial charge in [0.15, 0.2) is 11.5 Å². The van der Waals surface area contributed by atoms with E-state index in [9.17, 15) is 5.11 Å². The second-order valence-electron chi connectivity index (χ2n) is 4.09. The molecular formula is C13H20BrNO3. The Kier molecular flexibility index (Phi) is 7.08. The van der Waals surface area contributed by atoms with E-state index in [1.165, 1.54) is 7.11 Å². The van der Waals surface area contributed by atoms with Gasteiger partial charge in [-0.25, -0.2) is 0 Å². The molecule has 0 heterocycles. The molecule has 1 aromatic rings. The summed E-state index contributed by atoms with van der Waals surface area (Å²) in [5, 5.41) is 21.6. The van der Waals surface area contributed by atoms with Crippen molar-refractivity contribution in [2.45, 2.75) is 25.8 Å². The van der Waals surface area contributed by atoms with E-state index in [-0.39, 0.29) is 12.4 Å². The van der Waals surface area contributed by atoms with Crippen LogP contribution in [0.2, 0.25) is 0 Å². The number of ether oxygens (including phenoxy) is 1. The molecule has 0 atom stereocenters. The molecule has 0 amide bonds. The Morgan fingerprint density at radius 2 is 2.06 bits per heavy atom. The highest BCUT2D eigenvalue weighted by atomic mass is 79.9. The van der Waals surface area contributed by atoms with Crippen molar-refractivity contribution in [2.24, 2.45) is 0 Å². The van der Waals surface area contributed by atoms with Gasteiger partial charge in [0.25, 0.3) is 0 Å². The average Bonchev–Trinajstić information content (AvgIpc) is 2.37. The van der Waals surface area contributed by atoms with E-state index in [0.717, 1.165) is 37.9 Å². The highest BCUT2D eigenvalue weighted by Gasteiger charge is 2.08. The Hall–Kier alpha value is -0.780. The smallest absolute Gasteiger partial charge is 0.172 e. The molecule has 0 saturated heterocycles. The summed E-state index contributed by atoms with van der Waals surface area (Å²) >= 11 is 3.30. The maximum atomic E-state index is 9.67. The fourth-order valence-electron chi connectivity index (χ4n) is 1.66. The van der Waals surface area contributed by atoms with Crippen molar-refractivity contribution in [3.8, 4) is 11.5 Å². The second-order valence-corrected chi connectivity index (χ2v) is 4.94. The van der Waals surface area contributed by atoms with Gasteiger partial charge in [0.2, 0.25) is 0 Å². The van der Waals surface area contributed by atoms with Gasteiger partial charge in [0, 0.05) is 13.2 Å². The van der Waals surface area contributed by atoms with Crippen LogP contribution in [0, 0.1) is 0 Å². The third kappa shape index (κ3) is 4.84. The molecule has 5 heteroatoms. The maximum Gasteiger partial charge on any atom is 0.172 e. The van der Waals surface area contributed by atoms with Crippen LogP contribution in [-0.4, -0.2) is 30.5 Å². The van der Waals surface area contributed by atoms with Gasteiger partial charge < -0.3 is 20.3 Å². The predicted molar refractivity (Wildman–Crippen MR) is 75.0 cm³/mol. The van der Waals surface area contributed by atoms with Crippen molar-refractivity contribution in [2.75, 3.05) is 20.3 Å². The third-order valence-corrected chi connectivity index (χ3v) is 3.25. The number of phenols is 1. The fraction of sp³-hybridized carbons (Fsp3) is 0.538. The highest BCUT2D eigenvalue weighted by molar-refractivity contribution is 9.10. The number of rotatable bonds is 8. The number of benzene rings is 1. The van der Waals surface area contributed by atoms with Crippen LogP contribution in [0.5, 0.6) is 11.5 Å². The largest absolute Gasteiger partial charge is 0.503 e. The fourth-order valence-corrected chi connectivity index (χ4v) is 2.15. The minimum atomic E-state index is 0.129. The first kappa shape index (κ1) is 15.3. The average molecular weight is 318 g/mol. The molecule has 0 spiro atoms. The summed E-state index contributed by atoms with van der Waals surface area (Å²) in [4.78, 5) is 0. The zero-order chi connectivity index (χ0) is 13.4. The number of phenolic OH excluding ortho intramolecular Hbond substituents is 1. The van der Waals surface area contributed by atoms with E-state index in [2.05, 4.69) is 21.2 Å². The molecule has 0 aliphatic carbocycles. The Bertz CT molecular complexity index is 371. The number of aliphatic hydroxyl groups is 1. The Morgan fingerprint density at radius 3 is 2.72 bits per heavy atom. The van der Waals surface area contributed by atoms with Crippen LogP contribution in [0.4, 0.5) is 0 Å². The van der Waals surface area contributed by atoms with Gasteiger partial charge in [-0.3, -0.25) is 0 Å². The van der Waals surface area contributed by atoms with Gasteiger partial charge in [-0.2, -0.15) is 0 Å². The quantitative estimate of drug-likeness (QED) is 0.644. The van der Waals surface area contributed by atoms with E-state index in [0.29, 0.717) is 10.2 Å². The standard InChI is InChI=1S/C13H20BrNO3/c1-18-12-8-10(7-11(14)13(12)17)9-15-5-3-2-4-6-16/h7-8,15-17H,2-6,9H2,1H3. The number of methoxy groups -OCH3 is 1. The van der Waals surface area contributed by atoms with Crippen molar-refractivity contribution in [1.82, 2.24) is 5.32 Å². The second kappa shape index (κ2) is 8.34. The van der Waals surface area contributed by atoms with Crippen LogP contribution in [-0.2, 0) is 6.54 Å². The van der Waals surface area contributed by atoms with E-state index < -0.39 is 0 Å². The molecule has 1 aromatic carbocycles. The van der Waals surface area contributed by atoms with Crippen LogP contribution in [0.3, 0.4) is 0 Å². The Morgan fingerprint density at radius 1 is 1.28 bits per heavy atom. The van der Waals surface area contributed by atoms with E-state index in [1.807, 2.05) is 12.1 Å². The minimum Gasteiger partial charge on any atom is -0.503 e. The summed E-state index contributed by atoms with van der Waals surface area (Å²) in [5.41, 5.74) is 1.05. The molecular weight excluding hydrogens is 298 g/mol. The van der Waals surface area contributed by atoms with Crippen LogP contribution in [0.25, 0.3) is 0 Å². The normalized spacial score (nSPS) is 10.6. The van der Waals surface area contributed by atoms with Gasteiger partial charge in [-0.1, -0.05) is 0 Å². The van der Waals surface area contributed by atoms with Gasteiger partial charge >= 0.3 is 0 Å². The molecule has 0 unspecified atom stereocenters. The molecule has 4 nitrogen and oxygen atoms in total. The number of hydrogen-bond acceptors (Lipinski definition) is 4. The van der Waals surface area contributed by atoms with Crippen molar-refractivity contribution < 1.29 is 14.9 Å². The van der Waals surface area contributed by atoms with Crippen molar-refractivity contribution in [3.63, 3.8) is 0 Å². The van der Waals surface area contributed by atoms with Gasteiger partial charge in [-0.05, 0) is 59.4 Å². The minimum absolute atomic E-state index is 0.129. The monoisotopic (exact) mass is 317 g/mol. The van der Waals surface area contributed by atoms with Crippen LogP contribution in [0.1, 0.15) is 24.8 Å². The molecule has 0 aliphatic rings. The van der Waals surface area contributed by atoms with Crippen molar-refractivity contribution >= 4 is 15.9 Å². The topological polar surface area (TPSA) is 61.7 Å². The summed E-state index contributed by atoms with van der Waals surface area (Å²) in [6, 6.07) is 3.69. The molecule has 102 valence electrons. The lowest BCUT2D eigenvalue weighted by Crippen LogP contribution is -2.14. The van der Waals surface area contributed by atoms with Crippen molar-refractivity contribution in [3.05, 3.63) is 22.2 Å². The number of nitrogens with one attached hydrogen (secondary N) is 1. The lowest BCUT2D eigenvalue weighted by atomic mass is 10.2. The lowest BCUT2D eigenvalue weighted by molar-refractivity contribution is 0.283. The molecule has 18 heavy (non-hydrogen) atoms.